The molecule has 2 heterocycles. The molecule has 1 aliphatic rings. The molecule has 0 spiro atoms. The Morgan fingerprint density at radius 2 is 2.50 bits per heavy atom. The van der Waals surface area contributed by atoms with Crippen LogP contribution in [0.2, 0.25) is 0 Å². The van der Waals surface area contributed by atoms with Crippen molar-refractivity contribution in [3.63, 3.8) is 0 Å². The van der Waals surface area contributed by atoms with E-state index in [2.05, 4.69) is 16.8 Å². The summed E-state index contributed by atoms with van der Waals surface area (Å²) in [7, 11) is 1.70. The third-order valence-electron chi connectivity index (χ3n) is 2.83. The third kappa shape index (κ3) is 2.03. The second-order valence-electron chi connectivity index (χ2n) is 3.92. The lowest BCUT2D eigenvalue weighted by molar-refractivity contribution is 0.0691. The van der Waals surface area contributed by atoms with E-state index < -0.39 is 5.97 Å². The normalized spacial score (nSPS) is 25.0. The minimum Gasteiger partial charge on any atom is -0.476 e. The molecule has 0 bridgehead atoms. The van der Waals surface area contributed by atoms with Crippen LogP contribution in [0.3, 0.4) is 0 Å². The maximum atomic E-state index is 10.7. The first-order chi connectivity index (χ1) is 7.61. The van der Waals surface area contributed by atoms with Crippen LogP contribution in [-0.2, 0) is 4.74 Å². The van der Waals surface area contributed by atoms with Crippen LogP contribution < -0.4 is 4.90 Å². The molecule has 1 aromatic rings. The number of hydrogen-bond donors (Lipinski definition) is 1. The number of ether oxygens (including phenoxy) is 1. The molecular formula is C10H14N2O3S. The van der Waals surface area contributed by atoms with E-state index in [-0.39, 0.29) is 11.8 Å². The van der Waals surface area contributed by atoms with Crippen molar-refractivity contribution in [1.82, 2.24) is 4.98 Å². The number of carbonyl (C=O) groups is 1. The summed E-state index contributed by atoms with van der Waals surface area (Å²) in [5.74, 6) is -0.974. The maximum Gasteiger partial charge on any atom is 0.355 e. The van der Waals surface area contributed by atoms with Crippen LogP contribution in [0.5, 0.6) is 0 Å². The quantitative estimate of drug-likeness (QED) is 0.869. The van der Waals surface area contributed by atoms with E-state index in [0.717, 1.165) is 18.1 Å². The molecular weight excluding hydrogens is 228 g/mol. The predicted octanol–water partition coefficient (Wildman–Crippen LogP) is 1.45. The molecule has 0 saturated carbocycles. The Kier molecular flexibility index (Phi) is 3.11. The lowest BCUT2D eigenvalue weighted by Crippen LogP contribution is -2.27. The third-order valence-corrected chi connectivity index (χ3v) is 3.70. The number of hydrogen-bond acceptors (Lipinski definition) is 5. The molecule has 1 aromatic heterocycles. The first kappa shape index (κ1) is 11.3. The Balaban J connectivity index is 2.15. The summed E-state index contributed by atoms with van der Waals surface area (Å²) in [6, 6.07) is 0.345. The van der Waals surface area contributed by atoms with E-state index >= 15 is 0 Å². The molecule has 5 nitrogen and oxygen atoms in total. The molecule has 1 saturated heterocycles. The van der Waals surface area contributed by atoms with Crippen LogP contribution in [0.15, 0.2) is 5.38 Å². The van der Waals surface area contributed by atoms with Crippen LogP contribution in [0.25, 0.3) is 0 Å². The van der Waals surface area contributed by atoms with Crippen molar-refractivity contribution in [3.05, 3.63) is 11.1 Å². The summed E-state index contributed by atoms with van der Waals surface area (Å²) in [4.78, 5) is 16.9. The average Bonchev–Trinajstić information content (AvgIpc) is 2.83. The van der Waals surface area contributed by atoms with Crippen molar-refractivity contribution in [2.45, 2.75) is 25.5 Å². The standard InChI is InChI=1S/C10H14N2O3S/c1-6-3-7(15-2)4-12(6)10-11-8(5-16-10)9(13)14/h5-7H,3-4H2,1-2H3,(H,13,14)/t6-,7-/m0/s1. The molecule has 2 atom stereocenters. The molecule has 1 N–H and O–H groups in total. The smallest absolute Gasteiger partial charge is 0.355 e. The van der Waals surface area contributed by atoms with Gasteiger partial charge in [-0.25, -0.2) is 9.78 Å². The van der Waals surface area contributed by atoms with Gasteiger partial charge in [0, 0.05) is 25.1 Å². The molecule has 0 unspecified atom stereocenters. The Labute approximate surface area is 97.7 Å². The van der Waals surface area contributed by atoms with Gasteiger partial charge in [0.15, 0.2) is 10.8 Å². The second kappa shape index (κ2) is 4.39. The Hall–Kier alpha value is -1.14. The van der Waals surface area contributed by atoms with Gasteiger partial charge >= 0.3 is 5.97 Å². The summed E-state index contributed by atoms with van der Waals surface area (Å²) < 4.78 is 5.31. The van der Waals surface area contributed by atoms with Crippen LogP contribution in [0, 0.1) is 0 Å². The number of anilines is 1. The lowest BCUT2D eigenvalue weighted by Gasteiger charge is -2.19. The van der Waals surface area contributed by atoms with E-state index in [1.54, 1.807) is 12.5 Å². The molecule has 0 amide bonds. The molecule has 0 aliphatic carbocycles. The van der Waals surface area contributed by atoms with Crippen molar-refractivity contribution in [2.75, 3.05) is 18.6 Å². The van der Waals surface area contributed by atoms with Gasteiger partial charge in [0.05, 0.1) is 6.10 Å². The number of thiazole rings is 1. The molecule has 1 fully saturated rings. The lowest BCUT2D eigenvalue weighted by atomic mass is 10.2. The van der Waals surface area contributed by atoms with Gasteiger partial charge in [-0.2, -0.15) is 0 Å². The zero-order valence-electron chi connectivity index (χ0n) is 9.21. The topological polar surface area (TPSA) is 62.7 Å². The fraction of sp³-hybridized carbons (Fsp3) is 0.600. The van der Waals surface area contributed by atoms with Gasteiger partial charge in [-0.05, 0) is 13.3 Å². The fourth-order valence-electron chi connectivity index (χ4n) is 1.91. The maximum absolute atomic E-state index is 10.7. The molecule has 0 radical (unpaired) electrons. The van der Waals surface area contributed by atoms with Gasteiger partial charge in [-0.3, -0.25) is 0 Å². The van der Waals surface area contributed by atoms with E-state index in [9.17, 15) is 4.79 Å². The molecule has 2 rings (SSSR count). The molecule has 0 aromatic carbocycles. The van der Waals surface area contributed by atoms with Crippen LogP contribution in [0.1, 0.15) is 23.8 Å². The van der Waals surface area contributed by atoms with Crippen LogP contribution in [-0.4, -0.2) is 41.9 Å². The predicted molar refractivity (Wildman–Crippen MR) is 61.3 cm³/mol. The Morgan fingerprint density at radius 3 is 3.00 bits per heavy atom. The van der Waals surface area contributed by atoms with Gasteiger partial charge < -0.3 is 14.7 Å². The zero-order valence-corrected chi connectivity index (χ0v) is 10.0. The number of carboxylic acid groups (broad SMARTS) is 1. The number of rotatable bonds is 3. The van der Waals surface area contributed by atoms with E-state index in [1.165, 1.54) is 11.3 Å². The number of methoxy groups -OCH3 is 1. The Bertz CT molecular complexity index is 393. The highest BCUT2D eigenvalue weighted by Crippen LogP contribution is 2.29. The number of aromatic carboxylic acids is 1. The highest BCUT2D eigenvalue weighted by Gasteiger charge is 2.31. The largest absolute Gasteiger partial charge is 0.476 e. The van der Waals surface area contributed by atoms with E-state index in [0.29, 0.717) is 6.04 Å². The fourth-order valence-corrected chi connectivity index (χ4v) is 2.82. The Morgan fingerprint density at radius 1 is 1.75 bits per heavy atom. The second-order valence-corrected chi connectivity index (χ2v) is 4.75. The van der Waals surface area contributed by atoms with Gasteiger partial charge in [0.25, 0.3) is 0 Å². The van der Waals surface area contributed by atoms with Gasteiger partial charge in [-0.1, -0.05) is 0 Å². The number of nitrogens with zero attached hydrogens (tertiary/aromatic N) is 2. The van der Waals surface area contributed by atoms with Crippen LogP contribution >= 0.6 is 11.3 Å². The minimum atomic E-state index is -0.974. The van der Waals surface area contributed by atoms with Crippen molar-refractivity contribution < 1.29 is 14.6 Å². The minimum absolute atomic E-state index is 0.119. The number of aromatic nitrogens is 1. The van der Waals surface area contributed by atoms with Crippen molar-refractivity contribution in [1.29, 1.82) is 0 Å². The van der Waals surface area contributed by atoms with E-state index in [1.807, 2.05) is 0 Å². The van der Waals surface area contributed by atoms with E-state index in [4.69, 9.17) is 9.84 Å². The zero-order chi connectivity index (χ0) is 11.7. The molecule has 6 heteroatoms. The first-order valence-corrected chi connectivity index (χ1v) is 5.98. The molecule has 88 valence electrons. The molecule has 1 aliphatic heterocycles. The summed E-state index contributed by atoms with van der Waals surface area (Å²) in [6.07, 6.45) is 1.17. The summed E-state index contributed by atoms with van der Waals surface area (Å²) in [5, 5.41) is 11.1. The monoisotopic (exact) mass is 242 g/mol. The average molecular weight is 242 g/mol. The summed E-state index contributed by atoms with van der Waals surface area (Å²) in [5.41, 5.74) is 0.119. The summed E-state index contributed by atoms with van der Waals surface area (Å²) >= 11 is 1.37. The first-order valence-electron chi connectivity index (χ1n) is 5.10. The van der Waals surface area contributed by atoms with Crippen molar-refractivity contribution >= 4 is 22.4 Å². The SMILES string of the molecule is CO[C@H]1C[C@H](C)N(c2nc(C(=O)O)cs2)C1. The van der Waals surface area contributed by atoms with Crippen molar-refractivity contribution in [2.24, 2.45) is 0 Å². The van der Waals surface area contributed by atoms with Gasteiger partial charge in [-0.15, -0.1) is 11.3 Å². The van der Waals surface area contributed by atoms with Gasteiger partial charge in [0.2, 0.25) is 0 Å². The van der Waals surface area contributed by atoms with Crippen LogP contribution in [0.4, 0.5) is 5.13 Å². The van der Waals surface area contributed by atoms with Gasteiger partial charge in [0.1, 0.15) is 0 Å². The highest BCUT2D eigenvalue weighted by atomic mass is 32.1. The highest BCUT2D eigenvalue weighted by molar-refractivity contribution is 7.13. The molecule has 16 heavy (non-hydrogen) atoms. The van der Waals surface area contributed by atoms with Crippen molar-refractivity contribution in [3.8, 4) is 0 Å². The number of carboxylic acids is 1. The summed E-state index contributed by atoms with van der Waals surface area (Å²) in [6.45, 7) is 2.88.